The lowest BCUT2D eigenvalue weighted by Gasteiger charge is -2.41. The Balaban J connectivity index is 1.57. The Kier molecular flexibility index (Phi) is 5.36. The van der Waals surface area contributed by atoms with Crippen LogP contribution >= 0.6 is 0 Å². The van der Waals surface area contributed by atoms with E-state index >= 15 is 0 Å². The highest BCUT2D eigenvalue weighted by molar-refractivity contribution is 6.08. The van der Waals surface area contributed by atoms with E-state index in [0.717, 1.165) is 36.5 Å². The van der Waals surface area contributed by atoms with E-state index in [1.165, 1.54) is 12.1 Å². The topological polar surface area (TPSA) is 53.0 Å². The van der Waals surface area contributed by atoms with Crippen LogP contribution in [0.25, 0.3) is 0 Å². The molecule has 6 nitrogen and oxygen atoms in total. The fourth-order valence-corrected chi connectivity index (χ4v) is 3.72. The molecule has 0 aliphatic carbocycles. The number of ether oxygens (including phenoxy) is 1. The minimum Gasteiger partial charge on any atom is -0.496 e. The van der Waals surface area contributed by atoms with Gasteiger partial charge in [0.05, 0.1) is 12.8 Å². The van der Waals surface area contributed by atoms with Crippen LogP contribution in [0.3, 0.4) is 0 Å². The number of rotatable bonds is 4. The Morgan fingerprint density at radius 2 is 2.04 bits per heavy atom. The van der Waals surface area contributed by atoms with Crippen LogP contribution in [0.1, 0.15) is 17.2 Å². The number of hydrogen-bond donors (Lipinski definition) is 1. The highest BCUT2D eigenvalue weighted by atomic mass is 19.1. The average molecular weight is 381 g/mol. The van der Waals surface area contributed by atoms with Gasteiger partial charge >= 0.3 is 0 Å². The number of benzene rings is 1. The van der Waals surface area contributed by atoms with Gasteiger partial charge in [0.15, 0.2) is 6.29 Å². The molecule has 0 saturated carbocycles. The van der Waals surface area contributed by atoms with Crippen molar-refractivity contribution in [3.05, 3.63) is 71.9 Å². The Morgan fingerprint density at radius 3 is 2.82 bits per heavy atom. The van der Waals surface area contributed by atoms with E-state index in [0.29, 0.717) is 5.75 Å². The molecule has 28 heavy (non-hydrogen) atoms. The summed E-state index contributed by atoms with van der Waals surface area (Å²) in [5.41, 5.74) is 2.96. The maximum absolute atomic E-state index is 13.6. The Labute approximate surface area is 164 Å². The second-order valence-corrected chi connectivity index (χ2v) is 6.97. The molecular weight excluding hydrogens is 357 g/mol. The summed E-state index contributed by atoms with van der Waals surface area (Å²) in [6.45, 7) is 2.44. The molecule has 0 radical (unpaired) electrons. The van der Waals surface area contributed by atoms with Crippen LogP contribution in [0.4, 0.5) is 4.39 Å². The first-order chi connectivity index (χ1) is 13.7. The number of pyridine rings is 1. The van der Waals surface area contributed by atoms with Gasteiger partial charge in [0.2, 0.25) is 0 Å². The monoisotopic (exact) mass is 381 g/mol. The lowest BCUT2D eigenvalue weighted by atomic mass is 10.0. The second kappa shape index (κ2) is 8.08. The zero-order valence-electron chi connectivity index (χ0n) is 16.0. The quantitative estimate of drug-likeness (QED) is 0.882. The Bertz CT molecular complexity index is 886. The van der Waals surface area contributed by atoms with Gasteiger partial charge in [0.1, 0.15) is 11.6 Å². The largest absolute Gasteiger partial charge is 0.496 e. The molecule has 146 valence electrons. The Morgan fingerprint density at radius 1 is 1.21 bits per heavy atom. The normalized spacial score (nSPS) is 22.8. The molecule has 2 aliphatic heterocycles. The van der Waals surface area contributed by atoms with E-state index in [1.807, 2.05) is 25.3 Å². The van der Waals surface area contributed by atoms with Crippen molar-refractivity contribution in [1.82, 2.24) is 20.1 Å². The molecule has 1 saturated heterocycles. The van der Waals surface area contributed by atoms with Gasteiger partial charge in [0.25, 0.3) is 0 Å². The second-order valence-electron chi connectivity index (χ2n) is 6.97. The molecule has 1 fully saturated rings. The standard InChI is InChI=1S/C21H24FN5O/c1-26-11-7-18(15-5-8-23-9-6-15)25-21(26)27-12-10-24-19(14-27)17-4-3-16(22)13-20(17)28-2/h3-9,11,13,19,21,24H,10,12,14H2,1-2H3/t19?,21-/m0/s1. The fourth-order valence-electron chi connectivity index (χ4n) is 3.72. The van der Waals surface area contributed by atoms with Crippen molar-refractivity contribution in [2.45, 2.75) is 12.3 Å². The molecule has 2 atom stereocenters. The van der Waals surface area contributed by atoms with Gasteiger partial charge in [-0.1, -0.05) is 6.07 Å². The van der Waals surface area contributed by atoms with Gasteiger partial charge in [-0.15, -0.1) is 0 Å². The molecular formula is C21H24FN5O. The molecule has 3 heterocycles. The van der Waals surface area contributed by atoms with Crippen LogP contribution in [0.15, 0.2) is 60.0 Å². The lowest BCUT2D eigenvalue weighted by Crippen LogP contribution is -2.54. The zero-order valence-corrected chi connectivity index (χ0v) is 16.0. The maximum Gasteiger partial charge on any atom is 0.178 e. The SMILES string of the molecule is COc1cc(F)ccc1C1CN([C@H]2N=C(c3ccncc3)C=CN2C)CCN1. The Hall–Kier alpha value is -2.77. The molecule has 7 heteroatoms. The van der Waals surface area contributed by atoms with Gasteiger partial charge < -0.3 is 15.0 Å². The summed E-state index contributed by atoms with van der Waals surface area (Å²) in [6, 6.07) is 8.69. The molecule has 1 aromatic carbocycles. The molecule has 0 spiro atoms. The van der Waals surface area contributed by atoms with Gasteiger partial charge in [-0.3, -0.25) is 9.88 Å². The van der Waals surface area contributed by atoms with Crippen LogP contribution < -0.4 is 10.1 Å². The van der Waals surface area contributed by atoms with Gasteiger partial charge in [-0.2, -0.15) is 0 Å². The predicted molar refractivity (Wildman–Crippen MR) is 107 cm³/mol. The molecule has 2 aromatic rings. The van der Waals surface area contributed by atoms with Gasteiger partial charge in [-0.25, -0.2) is 9.38 Å². The highest BCUT2D eigenvalue weighted by Crippen LogP contribution is 2.29. The van der Waals surface area contributed by atoms with E-state index in [1.54, 1.807) is 25.6 Å². The van der Waals surface area contributed by atoms with Gasteiger partial charge in [0, 0.05) is 68.5 Å². The fraction of sp³-hybridized carbons (Fsp3) is 0.333. The zero-order chi connectivity index (χ0) is 19.5. The molecule has 1 unspecified atom stereocenters. The van der Waals surface area contributed by atoms with Crippen molar-refractivity contribution in [3.63, 3.8) is 0 Å². The molecule has 1 N–H and O–H groups in total. The summed E-state index contributed by atoms with van der Waals surface area (Å²) >= 11 is 0. The first-order valence-electron chi connectivity index (χ1n) is 9.35. The van der Waals surface area contributed by atoms with E-state index in [-0.39, 0.29) is 18.1 Å². The summed E-state index contributed by atoms with van der Waals surface area (Å²) in [4.78, 5) is 13.5. The number of aromatic nitrogens is 1. The number of halogens is 1. The predicted octanol–water partition coefficient (Wildman–Crippen LogP) is 2.41. The number of methoxy groups -OCH3 is 1. The first kappa shape index (κ1) is 18.6. The number of allylic oxidation sites excluding steroid dienone is 1. The minimum atomic E-state index is -0.294. The molecule has 0 amide bonds. The minimum absolute atomic E-state index is 0.0446. The van der Waals surface area contributed by atoms with Crippen molar-refractivity contribution < 1.29 is 9.13 Å². The third-order valence-electron chi connectivity index (χ3n) is 5.17. The van der Waals surface area contributed by atoms with Crippen molar-refractivity contribution >= 4 is 5.71 Å². The lowest BCUT2D eigenvalue weighted by molar-refractivity contribution is 0.0679. The van der Waals surface area contributed by atoms with Crippen molar-refractivity contribution in [2.75, 3.05) is 33.8 Å². The van der Waals surface area contributed by atoms with Crippen LogP contribution in [-0.2, 0) is 0 Å². The smallest absolute Gasteiger partial charge is 0.178 e. The van der Waals surface area contributed by atoms with E-state index < -0.39 is 0 Å². The maximum atomic E-state index is 13.6. The molecule has 0 bridgehead atoms. The molecule has 1 aromatic heterocycles. The van der Waals surface area contributed by atoms with E-state index in [2.05, 4.69) is 26.3 Å². The van der Waals surface area contributed by atoms with Crippen molar-refractivity contribution in [3.8, 4) is 5.75 Å². The van der Waals surface area contributed by atoms with Crippen LogP contribution in [0, 0.1) is 5.82 Å². The van der Waals surface area contributed by atoms with E-state index in [4.69, 9.17) is 9.73 Å². The van der Waals surface area contributed by atoms with Crippen molar-refractivity contribution in [1.29, 1.82) is 0 Å². The third kappa shape index (κ3) is 3.76. The average Bonchev–Trinajstić information content (AvgIpc) is 2.74. The molecule has 4 rings (SSSR count). The van der Waals surface area contributed by atoms with Crippen LogP contribution in [0.5, 0.6) is 5.75 Å². The number of piperazine rings is 1. The van der Waals surface area contributed by atoms with E-state index in [9.17, 15) is 4.39 Å². The number of aliphatic imine (C=N–C) groups is 1. The van der Waals surface area contributed by atoms with Crippen LogP contribution in [-0.4, -0.2) is 60.6 Å². The summed E-state index contributed by atoms with van der Waals surface area (Å²) in [6.07, 6.45) is 7.54. The van der Waals surface area contributed by atoms with Crippen molar-refractivity contribution in [2.24, 2.45) is 4.99 Å². The summed E-state index contributed by atoms with van der Waals surface area (Å²) in [5.74, 6) is 0.272. The van der Waals surface area contributed by atoms with Gasteiger partial charge in [-0.05, 0) is 24.3 Å². The summed E-state index contributed by atoms with van der Waals surface area (Å²) < 4.78 is 19.0. The highest BCUT2D eigenvalue weighted by Gasteiger charge is 2.30. The number of nitrogens with zero attached hydrogens (tertiary/aromatic N) is 4. The summed E-state index contributed by atoms with van der Waals surface area (Å²) in [7, 11) is 3.60. The molecule has 2 aliphatic rings. The number of hydrogen-bond acceptors (Lipinski definition) is 6. The van der Waals surface area contributed by atoms with Crippen LogP contribution in [0.2, 0.25) is 0 Å². The first-order valence-corrected chi connectivity index (χ1v) is 9.35. The number of nitrogens with one attached hydrogen (secondary N) is 1. The third-order valence-corrected chi connectivity index (χ3v) is 5.17. The summed E-state index contributed by atoms with van der Waals surface area (Å²) in [5, 5.41) is 3.52.